The molecule has 0 aromatic rings. The van der Waals surface area contributed by atoms with Gasteiger partial charge in [0.1, 0.15) is 0 Å². The molecule has 4 nitrogen and oxygen atoms in total. The Morgan fingerprint density at radius 1 is 1.24 bits per heavy atom. The Morgan fingerprint density at radius 2 is 1.86 bits per heavy atom. The highest BCUT2D eigenvalue weighted by atomic mass is 16.2. The molecule has 0 bridgehead atoms. The van der Waals surface area contributed by atoms with E-state index < -0.39 is 0 Å². The largest absolute Gasteiger partial charge is 0.353 e. The van der Waals surface area contributed by atoms with Crippen LogP contribution in [0.5, 0.6) is 0 Å². The highest BCUT2D eigenvalue weighted by Gasteiger charge is 2.36. The minimum Gasteiger partial charge on any atom is -0.353 e. The van der Waals surface area contributed by atoms with Crippen LogP contribution in [0.1, 0.15) is 72.1 Å². The third-order valence-electron chi connectivity index (χ3n) is 4.93. The summed E-state index contributed by atoms with van der Waals surface area (Å²) in [4.78, 5) is 14.7. The molecule has 1 aliphatic rings. The summed E-state index contributed by atoms with van der Waals surface area (Å²) in [5.41, 5.74) is 6.21. The lowest BCUT2D eigenvalue weighted by Crippen LogP contribution is -2.57. The number of nitrogens with zero attached hydrogens (tertiary/aromatic N) is 1. The first-order valence-electron chi connectivity index (χ1n) is 8.82. The van der Waals surface area contributed by atoms with Gasteiger partial charge in [-0.15, -0.1) is 0 Å². The maximum Gasteiger partial charge on any atom is 0.234 e. The quantitative estimate of drug-likeness (QED) is 0.677. The normalized spacial score (nSPS) is 20.0. The zero-order chi connectivity index (χ0) is 15.7. The number of carbonyl (C=O) groups is 1. The summed E-state index contributed by atoms with van der Waals surface area (Å²) in [5, 5.41) is 3.09. The first kappa shape index (κ1) is 18.4. The van der Waals surface area contributed by atoms with Gasteiger partial charge in [-0.25, -0.2) is 0 Å². The average molecular weight is 297 g/mol. The standard InChI is InChI=1S/C17H35N3O/c1-4-12-20(13-16(21)19-15(3)5-2)17(14-18)10-8-6-7-9-11-17/h15H,4-14,18H2,1-3H3,(H,19,21). The molecule has 0 aromatic carbocycles. The minimum absolute atomic E-state index is 0.0410. The summed E-state index contributed by atoms with van der Waals surface area (Å²) in [6.45, 7) is 8.47. The Labute approximate surface area is 130 Å². The van der Waals surface area contributed by atoms with Crippen molar-refractivity contribution in [3.63, 3.8) is 0 Å². The van der Waals surface area contributed by atoms with Gasteiger partial charge in [0.05, 0.1) is 6.54 Å². The van der Waals surface area contributed by atoms with Crippen LogP contribution in [0.4, 0.5) is 0 Å². The Kier molecular flexibility index (Phi) is 8.27. The molecule has 0 spiro atoms. The van der Waals surface area contributed by atoms with Crippen molar-refractivity contribution in [1.29, 1.82) is 0 Å². The summed E-state index contributed by atoms with van der Waals surface area (Å²) in [7, 11) is 0. The maximum atomic E-state index is 12.3. The van der Waals surface area contributed by atoms with E-state index in [9.17, 15) is 4.79 Å². The topological polar surface area (TPSA) is 58.4 Å². The predicted molar refractivity (Wildman–Crippen MR) is 89.2 cm³/mol. The second-order valence-electron chi connectivity index (χ2n) is 6.64. The van der Waals surface area contributed by atoms with Gasteiger partial charge in [0.15, 0.2) is 0 Å². The molecule has 0 aromatic heterocycles. The number of nitrogens with two attached hydrogens (primary N) is 1. The van der Waals surface area contributed by atoms with Crippen LogP contribution in [0.15, 0.2) is 0 Å². The Bertz CT molecular complexity index is 298. The van der Waals surface area contributed by atoms with E-state index in [0.29, 0.717) is 13.1 Å². The molecule has 0 aliphatic heterocycles. The van der Waals surface area contributed by atoms with Crippen LogP contribution in [0.25, 0.3) is 0 Å². The number of amides is 1. The van der Waals surface area contributed by atoms with E-state index in [1.54, 1.807) is 0 Å². The third kappa shape index (κ3) is 5.59. The molecular formula is C17H35N3O. The molecule has 1 unspecified atom stereocenters. The Hall–Kier alpha value is -0.610. The molecule has 0 heterocycles. The molecule has 1 atom stereocenters. The molecule has 1 saturated carbocycles. The van der Waals surface area contributed by atoms with E-state index in [2.05, 4.69) is 31.0 Å². The molecule has 124 valence electrons. The van der Waals surface area contributed by atoms with Crippen molar-refractivity contribution in [1.82, 2.24) is 10.2 Å². The summed E-state index contributed by atoms with van der Waals surface area (Å²) in [6, 6.07) is 0.254. The summed E-state index contributed by atoms with van der Waals surface area (Å²) in [6.07, 6.45) is 9.41. The lowest BCUT2D eigenvalue weighted by atomic mass is 9.87. The van der Waals surface area contributed by atoms with Crippen molar-refractivity contribution in [3.05, 3.63) is 0 Å². The molecule has 0 saturated heterocycles. The molecular weight excluding hydrogens is 262 g/mol. The zero-order valence-corrected chi connectivity index (χ0v) is 14.3. The lowest BCUT2D eigenvalue weighted by Gasteiger charge is -2.43. The van der Waals surface area contributed by atoms with Crippen molar-refractivity contribution in [2.45, 2.75) is 83.7 Å². The van der Waals surface area contributed by atoms with Gasteiger partial charge in [0, 0.05) is 18.1 Å². The van der Waals surface area contributed by atoms with Crippen LogP contribution in [0.2, 0.25) is 0 Å². The van der Waals surface area contributed by atoms with Crippen molar-refractivity contribution >= 4 is 5.91 Å². The fraction of sp³-hybridized carbons (Fsp3) is 0.941. The number of hydrogen-bond acceptors (Lipinski definition) is 3. The molecule has 4 heteroatoms. The Balaban J connectivity index is 2.74. The first-order chi connectivity index (χ1) is 10.1. The van der Waals surface area contributed by atoms with Crippen molar-refractivity contribution in [2.75, 3.05) is 19.6 Å². The van der Waals surface area contributed by atoms with Crippen LogP contribution >= 0.6 is 0 Å². The van der Waals surface area contributed by atoms with Crippen LogP contribution < -0.4 is 11.1 Å². The minimum atomic E-state index is 0.0410. The van der Waals surface area contributed by atoms with Crippen molar-refractivity contribution in [2.24, 2.45) is 5.73 Å². The van der Waals surface area contributed by atoms with Crippen LogP contribution in [-0.4, -0.2) is 42.0 Å². The molecule has 21 heavy (non-hydrogen) atoms. The number of carbonyl (C=O) groups excluding carboxylic acids is 1. The summed E-state index contributed by atoms with van der Waals surface area (Å²) >= 11 is 0. The van der Waals surface area contributed by atoms with Gasteiger partial charge >= 0.3 is 0 Å². The smallest absolute Gasteiger partial charge is 0.234 e. The molecule has 3 N–H and O–H groups in total. The fourth-order valence-corrected chi connectivity index (χ4v) is 3.39. The van der Waals surface area contributed by atoms with Crippen molar-refractivity contribution in [3.8, 4) is 0 Å². The zero-order valence-electron chi connectivity index (χ0n) is 14.3. The fourth-order valence-electron chi connectivity index (χ4n) is 3.39. The molecule has 0 radical (unpaired) electrons. The Morgan fingerprint density at radius 3 is 2.33 bits per heavy atom. The van der Waals surface area contributed by atoms with Crippen LogP contribution in [0.3, 0.4) is 0 Å². The number of rotatable bonds is 8. The van der Waals surface area contributed by atoms with Gasteiger partial charge in [-0.1, -0.05) is 39.5 Å². The summed E-state index contributed by atoms with van der Waals surface area (Å²) in [5.74, 6) is 0.148. The van der Waals surface area contributed by atoms with E-state index in [0.717, 1.165) is 32.2 Å². The van der Waals surface area contributed by atoms with E-state index in [4.69, 9.17) is 5.73 Å². The SMILES string of the molecule is CCCN(CC(=O)NC(C)CC)C1(CN)CCCCCC1. The van der Waals surface area contributed by atoms with Gasteiger partial charge in [-0.2, -0.15) is 0 Å². The third-order valence-corrected chi connectivity index (χ3v) is 4.93. The van der Waals surface area contributed by atoms with E-state index in [1.165, 1.54) is 25.7 Å². The van der Waals surface area contributed by atoms with Gasteiger partial charge in [0.2, 0.25) is 5.91 Å². The number of nitrogens with one attached hydrogen (secondary N) is 1. The maximum absolute atomic E-state index is 12.3. The molecule has 1 rings (SSSR count). The van der Waals surface area contributed by atoms with Gasteiger partial charge < -0.3 is 11.1 Å². The molecule has 1 fully saturated rings. The highest BCUT2D eigenvalue weighted by Crippen LogP contribution is 2.32. The second kappa shape index (κ2) is 9.42. The van der Waals surface area contributed by atoms with Gasteiger partial charge in [-0.3, -0.25) is 9.69 Å². The van der Waals surface area contributed by atoms with E-state index >= 15 is 0 Å². The van der Waals surface area contributed by atoms with Crippen LogP contribution in [-0.2, 0) is 4.79 Å². The monoisotopic (exact) mass is 297 g/mol. The predicted octanol–water partition coefficient (Wildman–Crippen LogP) is 2.66. The van der Waals surface area contributed by atoms with Crippen molar-refractivity contribution < 1.29 is 4.79 Å². The second-order valence-corrected chi connectivity index (χ2v) is 6.64. The molecule has 1 amide bonds. The summed E-state index contributed by atoms with van der Waals surface area (Å²) < 4.78 is 0. The lowest BCUT2D eigenvalue weighted by molar-refractivity contribution is -0.124. The van der Waals surface area contributed by atoms with Crippen LogP contribution in [0, 0.1) is 0 Å². The van der Waals surface area contributed by atoms with Gasteiger partial charge in [-0.05, 0) is 39.2 Å². The van der Waals surface area contributed by atoms with E-state index in [1.807, 2.05) is 0 Å². The van der Waals surface area contributed by atoms with Gasteiger partial charge in [0.25, 0.3) is 0 Å². The molecule has 1 aliphatic carbocycles. The van der Waals surface area contributed by atoms with E-state index in [-0.39, 0.29) is 17.5 Å². The average Bonchev–Trinajstić information content (AvgIpc) is 2.73. The number of hydrogen-bond donors (Lipinski definition) is 2. The first-order valence-corrected chi connectivity index (χ1v) is 8.82. The highest BCUT2D eigenvalue weighted by molar-refractivity contribution is 5.78.